The highest BCUT2D eigenvalue weighted by Crippen LogP contribution is 2.22. The Hall–Kier alpha value is -1.64. The molecule has 18 heavy (non-hydrogen) atoms. The van der Waals surface area contributed by atoms with Gasteiger partial charge in [0.05, 0.1) is 5.75 Å². The summed E-state index contributed by atoms with van der Waals surface area (Å²) in [6, 6.07) is 8.06. The molecule has 1 aromatic carbocycles. The summed E-state index contributed by atoms with van der Waals surface area (Å²) in [4.78, 5) is 8.96. The van der Waals surface area contributed by atoms with Crippen molar-refractivity contribution in [3.05, 3.63) is 52.8 Å². The summed E-state index contributed by atoms with van der Waals surface area (Å²) in [6.07, 6.45) is 1.40. The van der Waals surface area contributed by atoms with E-state index in [1.54, 1.807) is 12.1 Å². The van der Waals surface area contributed by atoms with Crippen LogP contribution in [0.3, 0.4) is 0 Å². The Morgan fingerprint density at radius 2 is 2.06 bits per heavy atom. The predicted octanol–water partition coefficient (Wildman–Crippen LogP) is 3.43. The summed E-state index contributed by atoms with van der Waals surface area (Å²) in [6.45, 7) is 0. The second-order valence-electron chi connectivity index (χ2n) is 3.35. The van der Waals surface area contributed by atoms with Crippen molar-refractivity contribution < 1.29 is 4.39 Å². The lowest BCUT2D eigenvalue weighted by molar-refractivity contribution is 0.626. The van der Waals surface area contributed by atoms with Crippen LogP contribution in [0.15, 0.2) is 35.4 Å². The number of nitrogens with zero attached hydrogens (tertiary/aromatic N) is 3. The van der Waals surface area contributed by atoms with E-state index in [2.05, 4.69) is 9.97 Å². The fourth-order valence-electron chi connectivity index (χ4n) is 1.22. The molecule has 0 saturated carbocycles. The Balaban J connectivity index is 2.04. The molecule has 2 rings (SSSR count). The van der Waals surface area contributed by atoms with Gasteiger partial charge in [0, 0.05) is 11.1 Å². The Bertz CT molecular complexity index is 595. The Kier molecular flexibility index (Phi) is 4.13. The van der Waals surface area contributed by atoms with Gasteiger partial charge in [-0.05, 0) is 24.3 Å². The molecule has 0 atom stereocenters. The number of hydrogen-bond donors (Lipinski definition) is 0. The summed E-state index contributed by atoms with van der Waals surface area (Å²) in [5.74, 6) is 0.780. The summed E-state index contributed by atoms with van der Waals surface area (Å²) < 4.78 is 12.7. The minimum atomic E-state index is -0.267. The molecule has 0 aliphatic heterocycles. The van der Waals surface area contributed by atoms with Crippen molar-refractivity contribution in [2.24, 2.45) is 0 Å². The van der Waals surface area contributed by atoms with Crippen LogP contribution in [-0.4, -0.2) is 9.97 Å². The molecular formula is C12H7ClFN3S. The molecule has 90 valence electrons. The molecule has 0 radical (unpaired) electrons. The van der Waals surface area contributed by atoms with E-state index in [1.165, 1.54) is 30.1 Å². The summed E-state index contributed by atoms with van der Waals surface area (Å²) in [5, 5.41) is 8.84. The molecule has 0 N–H and O–H groups in total. The van der Waals surface area contributed by atoms with Crippen molar-refractivity contribution in [2.45, 2.75) is 10.6 Å². The van der Waals surface area contributed by atoms with E-state index in [0.717, 1.165) is 4.90 Å². The van der Waals surface area contributed by atoms with E-state index in [0.29, 0.717) is 11.6 Å². The average molecular weight is 280 g/mol. The first-order valence-corrected chi connectivity index (χ1v) is 6.35. The molecule has 0 amide bonds. The smallest absolute Gasteiger partial charge is 0.150 e. The van der Waals surface area contributed by atoms with Gasteiger partial charge in [0.1, 0.15) is 23.3 Å². The number of nitriles is 1. The topological polar surface area (TPSA) is 49.6 Å². The molecule has 1 heterocycles. The summed E-state index contributed by atoms with van der Waals surface area (Å²) in [7, 11) is 0. The number of thioether (sulfide) groups is 1. The maximum Gasteiger partial charge on any atom is 0.150 e. The normalized spacial score (nSPS) is 10.1. The predicted molar refractivity (Wildman–Crippen MR) is 67.7 cm³/mol. The van der Waals surface area contributed by atoms with E-state index in [4.69, 9.17) is 16.9 Å². The number of rotatable bonds is 3. The summed E-state index contributed by atoms with van der Waals surface area (Å²) in [5.41, 5.74) is 0.257. The van der Waals surface area contributed by atoms with Crippen LogP contribution >= 0.6 is 23.4 Å². The SMILES string of the molecule is N#Cc1cnc(CSc2ccc(F)cc2)nc1Cl. The second kappa shape index (κ2) is 5.80. The maximum absolute atomic E-state index is 12.7. The minimum absolute atomic E-state index is 0.155. The van der Waals surface area contributed by atoms with Crippen molar-refractivity contribution in [2.75, 3.05) is 0 Å². The fraction of sp³-hybridized carbons (Fsp3) is 0.0833. The quantitative estimate of drug-likeness (QED) is 0.638. The Morgan fingerprint density at radius 3 is 2.67 bits per heavy atom. The molecule has 0 unspecified atom stereocenters. The first-order chi connectivity index (χ1) is 8.69. The Labute approximate surface area is 113 Å². The van der Waals surface area contributed by atoms with Gasteiger partial charge in [-0.15, -0.1) is 11.8 Å². The first-order valence-electron chi connectivity index (χ1n) is 4.99. The van der Waals surface area contributed by atoms with Gasteiger partial charge in [-0.25, -0.2) is 14.4 Å². The number of aromatic nitrogens is 2. The molecule has 0 aliphatic carbocycles. The third-order valence-corrected chi connectivity index (χ3v) is 3.39. The van der Waals surface area contributed by atoms with E-state index in [-0.39, 0.29) is 16.5 Å². The number of hydrogen-bond acceptors (Lipinski definition) is 4. The lowest BCUT2D eigenvalue weighted by atomic mass is 10.4. The van der Waals surface area contributed by atoms with Gasteiger partial charge >= 0.3 is 0 Å². The van der Waals surface area contributed by atoms with Crippen LogP contribution in [0.2, 0.25) is 5.15 Å². The zero-order chi connectivity index (χ0) is 13.0. The molecule has 0 spiro atoms. The fourth-order valence-corrected chi connectivity index (χ4v) is 2.17. The van der Waals surface area contributed by atoms with Crippen LogP contribution in [0.5, 0.6) is 0 Å². The summed E-state index contributed by atoms with van der Waals surface area (Å²) >= 11 is 7.27. The molecular weight excluding hydrogens is 273 g/mol. The standard InChI is InChI=1S/C12H7ClFN3S/c13-12-8(5-15)6-16-11(17-12)7-18-10-3-1-9(14)2-4-10/h1-4,6H,7H2. The van der Waals surface area contributed by atoms with E-state index in [1.807, 2.05) is 6.07 Å². The highest BCUT2D eigenvalue weighted by atomic mass is 35.5. The van der Waals surface area contributed by atoms with Gasteiger partial charge in [0.25, 0.3) is 0 Å². The van der Waals surface area contributed by atoms with Gasteiger partial charge in [-0.2, -0.15) is 5.26 Å². The van der Waals surface area contributed by atoms with E-state index >= 15 is 0 Å². The van der Waals surface area contributed by atoms with Crippen LogP contribution in [-0.2, 0) is 5.75 Å². The van der Waals surface area contributed by atoms with Gasteiger partial charge in [-0.3, -0.25) is 0 Å². The zero-order valence-electron chi connectivity index (χ0n) is 9.10. The van der Waals surface area contributed by atoms with Crippen LogP contribution in [0.1, 0.15) is 11.4 Å². The van der Waals surface area contributed by atoms with Crippen LogP contribution in [0.25, 0.3) is 0 Å². The highest BCUT2D eigenvalue weighted by molar-refractivity contribution is 7.98. The molecule has 0 aliphatic rings. The van der Waals surface area contributed by atoms with Gasteiger partial charge in [0.2, 0.25) is 0 Å². The van der Waals surface area contributed by atoms with Crippen molar-refractivity contribution in [3.8, 4) is 6.07 Å². The van der Waals surface area contributed by atoms with Crippen molar-refractivity contribution in [1.29, 1.82) is 5.26 Å². The molecule has 1 aromatic heterocycles. The van der Waals surface area contributed by atoms with Gasteiger partial charge < -0.3 is 0 Å². The van der Waals surface area contributed by atoms with Gasteiger partial charge in [-0.1, -0.05) is 11.6 Å². The molecule has 0 bridgehead atoms. The van der Waals surface area contributed by atoms with E-state index in [9.17, 15) is 4.39 Å². The average Bonchev–Trinajstić information content (AvgIpc) is 2.38. The monoisotopic (exact) mass is 279 g/mol. The number of benzene rings is 1. The maximum atomic E-state index is 12.7. The lowest BCUT2D eigenvalue weighted by Crippen LogP contribution is -1.94. The van der Waals surface area contributed by atoms with Crippen molar-refractivity contribution >= 4 is 23.4 Å². The third-order valence-electron chi connectivity index (χ3n) is 2.09. The first kappa shape index (κ1) is 12.8. The zero-order valence-corrected chi connectivity index (χ0v) is 10.7. The van der Waals surface area contributed by atoms with Gasteiger partial charge in [0.15, 0.2) is 5.15 Å². The highest BCUT2D eigenvalue weighted by Gasteiger charge is 2.05. The van der Waals surface area contributed by atoms with Crippen molar-refractivity contribution in [1.82, 2.24) is 9.97 Å². The van der Waals surface area contributed by atoms with Crippen molar-refractivity contribution in [3.63, 3.8) is 0 Å². The van der Waals surface area contributed by atoms with Crippen LogP contribution < -0.4 is 0 Å². The molecule has 3 nitrogen and oxygen atoms in total. The van der Waals surface area contributed by atoms with E-state index < -0.39 is 0 Å². The third kappa shape index (κ3) is 3.19. The lowest BCUT2D eigenvalue weighted by Gasteiger charge is -2.01. The second-order valence-corrected chi connectivity index (χ2v) is 4.75. The number of halogens is 2. The molecule has 6 heteroatoms. The molecule has 2 aromatic rings. The minimum Gasteiger partial charge on any atom is -0.239 e. The molecule has 0 saturated heterocycles. The van der Waals surface area contributed by atoms with Crippen LogP contribution in [0.4, 0.5) is 4.39 Å². The largest absolute Gasteiger partial charge is 0.239 e. The van der Waals surface area contributed by atoms with Crippen LogP contribution in [0, 0.1) is 17.1 Å². The Morgan fingerprint density at radius 1 is 1.33 bits per heavy atom. The molecule has 0 fully saturated rings.